The summed E-state index contributed by atoms with van der Waals surface area (Å²) in [7, 11) is 0. The van der Waals surface area contributed by atoms with Gasteiger partial charge >= 0.3 is 6.09 Å². The Morgan fingerprint density at radius 2 is 2.06 bits per heavy atom. The second-order valence-corrected chi connectivity index (χ2v) is 7.92. The molecule has 4 rings (SSSR count). The van der Waals surface area contributed by atoms with Crippen LogP contribution in [0.2, 0.25) is 0 Å². The van der Waals surface area contributed by atoms with Crippen LogP contribution >= 0.6 is 0 Å². The molecule has 3 heterocycles. The Balaban J connectivity index is 1.78. The van der Waals surface area contributed by atoms with Crippen LogP contribution in [0.25, 0.3) is 16.9 Å². The number of carbonyl (C=O) groups is 2. The van der Waals surface area contributed by atoms with Gasteiger partial charge in [-0.2, -0.15) is 5.26 Å². The minimum Gasteiger partial charge on any atom is -0.465 e. The summed E-state index contributed by atoms with van der Waals surface area (Å²) in [5.41, 5.74) is 1.19. The predicted octanol–water partition coefficient (Wildman–Crippen LogP) is 2.76. The fourth-order valence-corrected chi connectivity index (χ4v) is 3.98. The lowest BCUT2D eigenvalue weighted by Crippen LogP contribution is -2.45. The normalized spacial score (nSPS) is 15.8. The third-order valence-corrected chi connectivity index (χ3v) is 5.58. The highest BCUT2D eigenvalue weighted by atomic mass is 19.1. The number of amides is 2. The zero-order valence-electron chi connectivity index (χ0n) is 18.2. The van der Waals surface area contributed by atoms with Gasteiger partial charge in [-0.25, -0.2) is 18.6 Å². The van der Waals surface area contributed by atoms with Gasteiger partial charge in [-0.1, -0.05) is 0 Å². The maximum absolute atomic E-state index is 15.2. The summed E-state index contributed by atoms with van der Waals surface area (Å²) < 4.78 is 37.7. The number of aromatic nitrogens is 2. The summed E-state index contributed by atoms with van der Waals surface area (Å²) in [6.45, 7) is 2.12. The topological polar surface area (TPSA) is 120 Å². The highest BCUT2D eigenvalue weighted by Crippen LogP contribution is 2.32. The van der Waals surface area contributed by atoms with E-state index < -0.39 is 35.3 Å². The maximum Gasteiger partial charge on any atom is 0.407 e. The molecule has 9 nitrogen and oxygen atoms in total. The van der Waals surface area contributed by atoms with Crippen LogP contribution in [0.5, 0.6) is 0 Å². The summed E-state index contributed by atoms with van der Waals surface area (Å²) >= 11 is 0. The molecule has 1 aromatic carbocycles. The number of hydrogen-bond acceptors (Lipinski definition) is 5. The Hall–Kier alpha value is -4.04. The molecule has 0 bridgehead atoms. The molecule has 0 saturated carbocycles. The van der Waals surface area contributed by atoms with Gasteiger partial charge in [0.2, 0.25) is 0 Å². The van der Waals surface area contributed by atoms with Gasteiger partial charge in [-0.15, -0.1) is 0 Å². The van der Waals surface area contributed by atoms with Gasteiger partial charge in [0, 0.05) is 24.7 Å². The van der Waals surface area contributed by atoms with Gasteiger partial charge in [-0.05, 0) is 36.8 Å². The van der Waals surface area contributed by atoms with Gasteiger partial charge in [0.1, 0.15) is 23.8 Å². The third kappa shape index (κ3) is 4.53. The monoisotopic (exact) mass is 469 g/mol. The van der Waals surface area contributed by atoms with Crippen molar-refractivity contribution >= 4 is 17.6 Å². The molecule has 1 aliphatic rings. The van der Waals surface area contributed by atoms with E-state index in [0.29, 0.717) is 11.3 Å². The number of carboxylic acid groups (broad SMARTS) is 1. The molecular formula is C23H21F2N5O4. The van der Waals surface area contributed by atoms with Crippen LogP contribution in [0.3, 0.4) is 0 Å². The number of morpholine rings is 1. The first-order valence-electron chi connectivity index (χ1n) is 10.5. The van der Waals surface area contributed by atoms with Crippen molar-refractivity contribution in [1.82, 2.24) is 19.6 Å². The van der Waals surface area contributed by atoms with E-state index in [9.17, 15) is 14.7 Å². The van der Waals surface area contributed by atoms with Crippen molar-refractivity contribution in [2.24, 2.45) is 0 Å². The molecule has 2 N–H and O–H groups in total. The van der Waals surface area contributed by atoms with Crippen LogP contribution < -0.4 is 5.32 Å². The van der Waals surface area contributed by atoms with Crippen LogP contribution in [0.1, 0.15) is 21.6 Å². The number of aryl methyl sites for hydroxylation is 1. The number of benzene rings is 1. The molecule has 1 fully saturated rings. The fourth-order valence-electron chi connectivity index (χ4n) is 3.98. The molecular weight excluding hydrogens is 448 g/mol. The van der Waals surface area contributed by atoms with E-state index in [0.717, 1.165) is 17.7 Å². The predicted molar refractivity (Wildman–Crippen MR) is 116 cm³/mol. The number of ether oxygens (including phenoxy) is 1. The number of pyridine rings is 1. The molecule has 0 aliphatic carbocycles. The number of nitrogens with one attached hydrogen (secondary N) is 1. The van der Waals surface area contributed by atoms with Crippen LogP contribution in [-0.4, -0.2) is 63.7 Å². The zero-order chi connectivity index (χ0) is 24.4. The fraction of sp³-hybridized carbons (Fsp3) is 0.304. The number of carbonyl (C=O) groups excluding carboxylic acids is 1. The summed E-state index contributed by atoms with van der Waals surface area (Å²) in [5, 5.41) is 20.2. The van der Waals surface area contributed by atoms with Gasteiger partial charge in [0.25, 0.3) is 5.91 Å². The lowest BCUT2D eigenvalue weighted by molar-refractivity contribution is -0.0214. The summed E-state index contributed by atoms with van der Waals surface area (Å²) in [5.74, 6) is -2.75. The average molecular weight is 469 g/mol. The van der Waals surface area contributed by atoms with Crippen LogP contribution in [0.4, 0.5) is 13.6 Å². The third-order valence-electron chi connectivity index (χ3n) is 5.58. The average Bonchev–Trinajstić information content (AvgIpc) is 3.13. The van der Waals surface area contributed by atoms with E-state index in [1.54, 1.807) is 22.7 Å². The number of hydrogen-bond donors (Lipinski definition) is 2. The standard InChI is InChI=1S/C23H21F2N5O4/c1-13-2-5-30-18(11-15-12-29(23(32)33)6-7-34-15)21(28-19(30)8-13)20-16(24)9-14(10-17(20)25)22(31)27-4-3-26/h2,5,8-10,15H,4,6-7,11-12H2,1H3,(H,27,31)(H,32,33). The first-order chi connectivity index (χ1) is 16.3. The molecule has 1 atom stereocenters. The van der Waals surface area contributed by atoms with Crippen molar-refractivity contribution in [2.75, 3.05) is 26.2 Å². The highest BCUT2D eigenvalue weighted by Gasteiger charge is 2.29. The van der Waals surface area contributed by atoms with Crippen LogP contribution in [0, 0.1) is 29.9 Å². The molecule has 176 valence electrons. The van der Waals surface area contributed by atoms with Crippen LogP contribution in [-0.2, 0) is 11.2 Å². The van der Waals surface area contributed by atoms with Crippen molar-refractivity contribution < 1.29 is 28.2 Å². The summed E-state index contributed by atoms with van der Waals surface area (Å²) in [6.07, 6.45) is 0.289. The van der Waals surface area contributed by atoms with E-state index in [4.69, 9.17) is 10.00 Å². The molecule has 1 unspecified atom stereocenters. The van der Waals surface area contributed by atoms with E-state index in [1.165, 1.54) is 4.90 Å². The van der Waals surface area contributed by atoms with Crippen molar-refractivity contribution in [3.63, 3.8) is 0 Å². The summed E-state index contributed by atoms with van der Waals surface area (Å²) in [6, 6.07) is 7.10. The number of nitrogens with zero attached hydrogens (tertiary/aromatic N) is 4. The molecule has 1 saturated heterocycles. The van der Waals surface area contributed by atoms with Crippen molar-refractivity contribution in [2.45, 2.75) is 19.4 Å². The molecule has 2 aromatic heterocycles. The van der Waals surface area contributed by atoms with Crippen molar-refractivity contribution in [3.05, 3.63) is 58.9 Å². The van der Waals surface area contributed by atoms with E-state index >= 15 is 8.78 Å². The second kappa shape index (κ2) is 9.44. The Bertz CT molecular complexity index is 1290. The lowest BCUT2D eigenvalue weighted by atomic mass is 10.0. The molecule has 11 heteroatoms. The Labute approximate surface area is 193 Å². The van der Waals surface area contributed by atoms with Gasteiger partial charge < -0.3 is 24.5 Å². The minimum absolute atomic E-state index is 0.0423. The minimum atomic E-state index is -1.07. The van der Waals surface area contributed by atoms with E-state index in [-0.39, 0.29) is 43.9 Å². The van der Waals surface area contributed by atoms with E-state index in [1.807, 2.05) is 13.0 Å². The van der Waals surface area contributed by atoms with Crippen molar-refractivity contribution in [1.29, 1.82) is 5.26 Å². The smallest absolute Gasteiger partial charge is 0.407 e. The Morgan fingerprint density at radius 3 is 2.74 bits per heavy atom. The lowest BCUT2D eigenvalue weighted by Gasteiger charge is -2.31. The SMILES string of the molecule is Cc1ccn2c(CC3CN(C(=O)O)CCO3)c(-c3c(F)cc(C(=O)NCC#N)cc3F)nc2c1. The Kier molecular flexibility index (Phi) is 6.43. The molecule has 2 amide bonds. The number of nitriles is 1. The molecule has 0 spiro atoms. The number of imidazole rings is 1. The van der Waals surface area contributed by atoms with Gasteiger partial charge in [0.05, 0.1) is 42.3 Å². The quantitative estimate of drug-likeness (QED) is 0.555. The van der Waals surface area contributed by atoms with Crippen molar-refractivity contribution in [3.8, 4) is 17.3 Å². The highest BCUT2D eigenvalue weighted by molar-refractivity contribution is 5.95. The number of rotatable bonds is 5. The van der Waals surface area contributed by atoms with Gasteiger partial charge in [0.15, 0.2) is 0 Å². The molecule has 3 aromatic rings. The van der Waals surface area contributed by atoms with E-state index in [2.05, 4.69) is 10.3 Å². The number of halogens is 2. The van der Waals surface area contributed by atoms with Gasteiger partial charge in [-0.3, -0.25) is 4.79 Å². The molecule has 0 radical (unpaired) electrons. The molecule has 34 heavy (non-hydrogen) atoms. The summed E-state index contributed by atoms with van der Waals surface area (Å²) in [4.78, 5) is 29.1. The van der Waals surface area contributed by atoms with Crippen LogP contribution in [0.15, 0.2) is 30.5 Å². The number of fused-ring (bicyclic) bond motifs is 1. The Morgan fingerprint density at radius 1 is 1.32 bits per heavy atom. The maximum atomic E-state index is 15.2. The molecule has 1 aliphatic heterocycles. The second-order valence-electron chi connectivity index (χ2n) is 7.92. The first-order valence-corrected chi connectivity index (χ1v) is 10.5. The zero-order valence-corrected chi connectivity index (χ0v) is 18.2. The first kappa shape index (κ1) is 23.1. The largest absolute Gasteiger partial charge is 0.465 e.